The normalized spacial score (nSPS) is 43.0. The fraction of sp³-hybridized carbons (Fsp3) is 0.800. The summed E-state index contributed by atoms with van der Waals surface area (Å²) in [5.41, 5.74) is 0.762. The Balaban J connectivity index is 2.73. The average molecular weight is 93.9 g/mol. The largest absolute Gasteiger partial charge is 0.295 e. The van der Waals surface area contributed by atoms with Gasteiger partial charge in [0.1, 0.15) is 0 Å². The van der Waals surface area contributed by atoms with Gasteiger partial charge < -0.3 is 0 Å². The molecule has 1 unspecified atom stereocenters. The number of nitrogens with zero attached hydrogens (tertiary/aromatic N) is 1. The molecule has 0 aromatic carbocycles. The second-order valence-electron chi connectivity index (χ2n) is 1.74. The number of hydrogen-bond donors (Lipinski definition) is 0. The molecule has 0 aromatic heterocycles. The zero-order chi connectivity index (χ0) is 6.20. The summed E-state index contributed by atoms with van der Waals surface area (Å²) in [6.07, 6.45) is 0.679. The van der Waals surface area contributed by atoms with Crippen molar-refractivity contribution in [1.29, 1.82) is 0 Å². The smallest absolute Gasteiger partial charge is 0.0780 e. The lowest BCUT2D eigenvalue weighted by molar-refractivity contribution is 0.947. The molecular weight excluding hydrogens is 84.9 g/mol. The first-order chi connectivity index (χ1) is 3.63. The van der Waals surface area contributed by atoms with Crippen LogP contribution in [0.5, 0.6) is 0 Å². The summed E-state index contributed by atoms with van der Waals surface area (Å²) in [6, 6.07) is 0. The van der Waals surface area contributed by atoms with Gasteiger partial charge in [-0.2, -0.15) is 0 Å². The topological polar surface area (TPSA) is 12.4 Å². The Bertz CT molecular complexity index is 130. The van der Waals surface area contributed by atoms with E-state index in [1.807, 2.05) is 0 Å². The maximum atomic E-state index is 7.34. The monoisotopic (exact) mass is 94.1 g/mol. The Morgan fingerprint density at radius 3 is 3.00 bits per heavy atom. The first kappa shape index (κ1) is 3.70. The second-order valence-corrected chi connectivity index (χ2v) is 1.74. The molecule has 0 amide bonds. The van der Waals surface area contributed by atoms with Crippen LogP contribution in [0.25, 0.3) is 0 Å². The van der Waals surface area contributed by atoms with Gasteiger partial charge in [0.2, 0.25) is 0 Å². The van der Waals surface area contributed by atoms with E-state index in [9.17, 15) is 0 Å². The molecule has 1 heterocycles. The van der Waals surface area contributed by atoms with Crippen LogP contribution in [0.3, 0.4) is 0 Å². The van der Waals surface area contributed by atoms with Gasteiger partial charge >= 0.3 is 0 Å². The third-order valence-electron chi connectivity index (χ3n) is 1.19. The third-order valence-corrected chi connectivity index (χ3v) is 1.19. The van der Waals surface area contributed by atoms with E-state index in [0.29, 0.717) is 6.42 Å². The van der Waals surface area contributed by atoms with E-state index in [0.717, 1.165) is 12.3 Å². The highest BCUT2D eigenvalue weighted by atomic mass is 14.8. The molecule has 0 aliphatic carbocycles. The molecule has 7 heavy (non-hydrogen) atoms. The van der Waals surface area contributed by atoms with Gasteiger partial charge in [0.05, 0.1) is 7.85 Å². The molecule has 0 bridgehead atoms. The van der Waals surface area contributed by atoms with Crippen LogP contribution in [-0.4, -0.2) is 20.1 Å². The Morgan fingerprint density at radius 2 is 2.86 bits per heavy atom. The predicted octanol–water partition coefficient (Wildman–Crippen LogP) is 0.808. The number of rotatable bonds is 0. The minimum atomic E-state index is -0.847. The van der Waals surface area contributed by atoms with Crippen LogP contribution in [0.4, 0.5) is 0 Å². The minimum Gasteiger partial charge on any atom is -0.295 e. The molecular formula is C5H8BN. The van der Waals surface area contributed by atoms with E-state index in [1.165, 1.54) is 0 Å². The fourth-order valence-corrected chi connectivity index (χ4v) is 0.627. The van der Waals surface area contributed by atoms with Crippen molar-refractivity contribution in [3.63, 3.8) is 0 Å². The lowest BCUT2D eigenvalue weighted by atomic mass is 9.83. The van der Waals surface area contributed by atoms with Gasteiger partial charge in [0, 0.05) is 13.6 Å². The molecule has 1 aliphatic rings. The lowest BCUT2D eigenvalue weighted by Gasteiger charge is -1.96. The van der Waals surface area contributed by atoms with Crippen molar-refractivity contribution in [2.75, 3.05) is 6.54 Å². The van der Waals surface area contributed by atoms with Gasteiger partial charge in [-0.1, -0.05) is 0 Å². The second kappa shape index (κ2) is 1.69. The average Bonchev–Trinajstić information content (AvgIpc) is 1.86. The summed E-state index contributed by atoms with van der Waals surface area (Å²) >= 11 is 0. The quantitative estimate of drug-likeness (QED) is 0.394. The van der Waals surface area contributed by atoms with Gasteiger partial charge in [-0.25, -0.2) is 0 Å². The third kappa shape index (κ3) is 0.844. The summed E-state index contributed by atoms with van der Waals surface area (Å²) in [4.78, 5) is 3.99. The molecule has 0 saturated heterocycles. The van der Waals surface area contributed by atoms with Gasteiger partial charge in [-0.05, 0) is 19.1 Å². The van der Waals surface area contributed by atoms with Crippen molar-refractivity contribution in [3.8, 4) is 0 Å². The molecule has 0 fully saturated rings. The molecule has 1 atom stereocenters. The Hall–Kier alpha value is -0.265. The molecule has 0 N–H and O–H groups in total. The summed E-state index contributed by atoms with van der Waals surface area (Å²) in [7, 11) is 5.46. The van der Waals surface area contributed by atoms with Gasteiger partial charge in [0.15, 0.2) is 0 Å². The molecule has 1 nitrogen and oxygen atoms in total. The van der Waals surface area contributed by atoms with Gasteiger partial charge in [-0.15, -0.1) is 0 Å². The zero-order valence-corrected chi connectivity index (χ0v) is 4.44. The Morgan fingerprint density at radius 1 is 2.14 bits per heavy atom. The molecule has 1 aliphatic heterocycles. The first-order valence-corrected chi connectivity index (χ1v) is 2.43. The van der Waals surface area contributed by atoms with E-state index in [4.69, 9.17) is 9.22 Å². The maximum Gasteiger partial charge on any atom is 0.0780 e. The van der Waals surface area contributed by atoms with Crippen molar-refractivity contribution < 1.29 is 1.37 Å². The van der Waals surface area contributed by atoms with Crippen molar-refractivity contribution in [1.82, 2.24) is 0 Å². The highest BCUT2D eigenvalue weighted by Crippen LogP contribution is 2.14. The van der Waals surface area contributed by atoms with Crippen LogP contribution >= 0.6 is 0 Å². The predicted molar refractivity (Wildman–Crippen MR) is 32.1 cm³/mol. The Labute approximate surface area is 46.6 Å². The van der Waals surface area contributed by atoms with Crippen LogP contribution in [0, 0.1) is 0 Å². The fourth-order valence-electron chi connectivity index (χ4n) is 0.627. The van der Waals surface area contributed by atoms with E-state index >= 15 is 0 Å². The summed E-state index contributed by atoms with van der Waals surface area (Å²) < 4.78 is 7.34. The molecule has 36 valence electrons. The maximum absolute atomic E-state index is 7.34. The van der Waals surface area contributed by atoms with E-state index in [1.54, 1.807) is 6.92 Å². The zero-order valence-electron chi connectivity index (χ0n) is 5.44. The summed E-state index contributed by atoms with van der Waals surface area (Å²) in [5, 5.41) is 0. The minimum absolute atomic E-state index is 0.679. The van der Waals surface area contributed by atoms with Gasteiger partial charge in [0.25, 0.3) is 0 Å². The SMILES string of the molecule is [2H]C1([B])CCN=C1C. The lowest BCUT2D eigenvalue weighted by Crippen LogP contribution is -1.95. The highest BCUT2D eigenvalue weighted by molar-refractivity contribution is 6.25. The van der Waals surface area contributed by atoms with Crippen LogP contribution < -0.4 is 0 Å². The summed E-state index contributed by atoms with van der Waals surface area (Å²) in [5.74, 6) is -0.847. The standard InChI is InChI=1S/C5H8BN/c1-4-5(6)2-3-7-4/h5H,2-3H2,1H3/i5D. The Kier molecular flexibility index (Phi) is 0.891. The van der Waals surface area contributed by atoms with Crippen molar-refractivity contribution >= 4 is 13.6 Å². The summed E-state index contributed by atoms with van der Waals surface area (Å²) in [6.45, 7) is 2.53. The van der Waals surface area contributed by atoms with Crippen LogP contribution in [0.1, 0.15) is 14.7 Å². The molecule has 0 aromatic rings. The van der Waals surface area contributed by atoms with Crippen molar-refractivity contribution in [2.24, 2.45) is 4.99 Å². The van der Waals surface area contributed by atoms with E-state index in [2.05, 4.69) is 4.99 Å². The van der Waals surface area contributed by atoms with Crippen molar-refractivity contribution in [3.05, 3.63) is 0 Å². The first-order valence-electron chi connectivity index (χ1n) is 2.93. The highest BCUT2D eigenvalue weighted by Gasteiger charge is 2.09. The van der Waals surface area contributed by atoms with E-state index < -0.39 is 5.79 Å². The van der Waals surface area contributed by atoms with Crippen LogP contribution in [0.2, 0.25) is 5.79 Å². The van der Waals surface area contributed by atoms with Crippen LogP contribution in [-0.2, 0) is 0 Å². The van der Waals surface area contributed by atoms with E-state index in [-0.39, 0.29) is 0 Å². The number of aliphatic imine (C=N–C) groups is 1. The molecule has 0 spiro atoms. The van der Waals surface area contributed by atoms with Crippen LogP contribution in [0.15, 0.2) is 4.99 Å². The number of hydrogen-bond acceptors (Lipinski definition) is 1. The van der Waals surface area contributed by atoms with Gasteiger partial charge in [-0.3, -0.25) is 4.99 Å². The van der Waals surface area contributed by atoms with Crippen molar-refractivity contribution in [2.45, 2.75) is 19.1 Å². The molecule has 2 radical (unpaired) electrons. The molecule has 0 saturated carbocycles. The molecule has 2 heteroatoms. The molecule has 1 rings (SSSR count).